The van der Waals surface area contributed by atoms with E-state index in [1.54, 1.807) is 0 Å². The van der Waals surface area contributed by atoms with Gasteiger partial charge in [-0.25, -0.2) is 0 Å². The van der Waals surface area contributed by atoms with E-state index in [-0.39, 0.29) is 0 Å². The highest BCUT2D eigenvalue weighted by molar-refractivity contribution is 5.39. The molecule has 1 atom stereocenters. The number of hydrogen-bond acceptors (Lipinski definition) is 3. The van der Waals surface area contributed by atoms with Crippen LogP contribution in [-0.2, 0) is 13.1 Å². The molecule has 0 spiro atoms. The van der Waals surface area contributed by atoms with E-state index in [1.807, 2.05) is 18.3 Å². The maximum atomic E-state index is 5.74. The van der Waals surface area contributed by atoms with Gasteiger partial charge in [-0.3, -0.25) is 4.68 Å². The van der Waals surface area contributed by atoms with Gasteiger partial charge in [0.05, 0.1) is 19.3 Å². The van der Waals surface area contributed by atoms with E-state index >= 15 is 0 Å². The Morgan fingerprint density at radius 2 is 2.25 bits per heavy atom. The van der Waals surface area contributed by atoms with Crippen molar-refractivity contribution in [1.29, 1.82) is 0 Å². The van der Waals surface area contributed by atoms with Crippen LogP contribution >= 0.6 is 0 Å². The number of benzene rings is 1. The lowest BCUT2D eigenvalue weighted by atomic mass is 10.0. The number of rotatable bonds is 5. The van der Waals surface area contributed by atoms with Gasteiger partial charge >= 0.3 is 0 Å². The molecule has 2 aromatic rings. The predicted molar refractivity (Wildman–Crippen MR) is 79.0 cm³/mol. The number of fused-ring (bicyclic) bond motifs is 1. The fourth-order valence-corrected chi connectivity index (χ4v) is 2.69. The van der Waals surface area contributed by atoms with Gasteiger partial charge < -0.3 is 10.1 Å². The molecule has 4 nitrogen and oxygen atoms in total. The smallest absolute Gasteiger partial charge is 0.122 e. The monoisotopic (exact) mass is 271 g/mol. The lowest BCUT2D eigenvalue weighted by molar-refractivity contribution is 0.314. The van der Waals surface area contributed by atoms with E-state index in [0.717, 1.165) is 32.0 Å². The summed E-state index contributed by atoms with van der Waals surface area (Å²) in [6, 6.07) is 8.30. The van der Waals surface area contributed by atoms with Crippen molar-refractivity contribution in [3.05, 3.63) is 47.3 Å². The number of para-hydroxylation sites is 1. The summed E-state index contributed by atoms with van der Waals surface area (Å²) in [6.45, 7) is 7.76. The lowest BCUT2D eigenvalue weighted by Gasteiger charge is -2.11. The number of nitrogens with one attached hydrogen (secondary N) is 1. The van der Waals surface area contributed by atoms with Crippen LogP contribution in [0.4, 0.5) is 0 Å². The zero-order valence-corrected chi connectivity index (χ0v) is 12.1. The first-order valence-electron chi connectivity index (χ1n) is 7.23. The molecular weight excluding hydrogens is 250 g/mol. The fourth-order valence-electron chi connectivity index (χ4n) is 2.69. The summed E-state index contributed by atoms with van der Waals surface area (Å²) in [6.07, 6.45) is 1.97. The molecule has 0 bridgehead atoms. The SMILES string of the molecule is CCNCc1cnn(CC2COc3ccccc32)c1C. The summed E-state index contributed by atoms with van der Waals surface area (Å²) in [5.41, 5.74) is 3.82. The zero-order chi connectivity index (χ0) is 13.9. The van der Waals surface area contributed by atoms with Gasteiger partial charge in [0.1, 0.15) is 5.75 Å². The number of hydrogen-bond donors (Lipinski definition) is 1. The predicted octanol–water partition coefficient (Wildman–Crippen LogP) is 2.48. The van der Waals surface area contributed by atoms with Crippen molar-refractivity contribution >= 4 is 0 Å². The molecule has 0 saturated heterocycles. The fraction of sp³-hybridized carbons (Fsp3) is 0.438. The number of ether oxygens (including phenoxy) is 1. The van der Waals surface area contributed by atoms with Crippen molar-refractivity contribution in [2.24, 2.45) is 0 Å². The second-order valence-electron chi connectivity index (χ2n) is 5.26. The Kier molecular flexibility index (Phi) is 3.74. The Balaban J connectivity index is 1.75. The third-order valence-corrected chi connectivity index (χ3v) is 3.96. The molecule has 1 N–H and O–H groups in total. The molecule has 0 fully saturated rings. The number of aromatic nitrogens is 2. The summed E-state index contributed by atoms with van der Waals surface area (Å²) in [4.78, 5) is 0. The van der Waals surface area contributed by atoms with Gasteiger partial charge in [0.15, 0.2) is 0 Å². The maximum absolute atomic E-state index is 5.74. The van der Waals surface area contributed by atoms with Crippen LogP contribution in [0.2, 0.25) is 0 Å². The molecular formula is C16H21N3O. The molecule has 20 heavy (non-hydrogen) atoms. The molecule has 0 radical (unpaired) electrons. The molecule has 1 aromatic carbocycles. The van der Waals surface area contributed by atoms with Crippen molar-refractivity contribution in [3.8, 4) is 5.75 Å². The van der Waals surface area contributed by atoms with Crippen molar-refractivity contribution in [2.45, 2.75) is 32.9 Å². The summed E-state index contributed by atoms with van der Waals surface area (Å²) in [5, 5.41) is 7.88. The van der Waals surface area contributed by atoms with Gasteiger partial charge in [0, 0.05) is 29.3 Å². The van der Waals surface area contributed by atoms with Gasteiger partial charge in [0.25, 0.3) is 0 Å². The second kappa shape index (κ2) is 5.67. The van der Waals surface area contributed by atoms with E-state index in [1.165, 1.54) is 16.8 Å². The van der Waals surface area contributed by atoms with Crippen LogP contribution in [-0.4, -0.2) is 22.9 Å². The quantitative estimate of drug-likeness (QED) is 0.908. The minimum atomic E-state index is 0.400. The van der Waals surface area contributed by atoms with Crippen LogP contribution in [0, 0.1) is 6.92 Å². The van der Waals surface area contributed by atoms with Crippen LogP contribution < -0.4 is 10.1 Å². The Morgan fingerprint density at radius 3 is 3.10 bits per heavy atom. The molecule has 0 amide bonds. The van der Waals surface area contributed by atoms with Crippen molar-refractivity contribution in [3.63, 3.8) is 0 Å². The molecule has 106 valence electrons. The second-order valence-corrected chi connectivity index (χ2v) is 5.26. The van der Waals surface area contributed by atoms with Gasteiger partial charge in [-0.15, -0.1) is 0 Å². The van der Waals surface area contributed by atoms with E-state index in [4.69, 9.17) is 4.74 Å². The van der Waals surface area contributed by atoms with Crippen molar-refractivity contribution < 1.29 is 4.74 Å². The van der Waals surface area contributed by atoms with Crippen molar-refractivity contribution in [2.75, 3.05) is 13.2 Å². The largest absolute Gasteiger partial charge is 0.493 e. The van der Waals surface area contributed by atoms with Gasteiger partial charge in [0.2, 0.25) is 0 Å². The summed E-state index contributed by atoms with van der Waals surface area (Å²) < 4.78 is 7.84. The van der Waals surface area contributed by atoms with Crippen LogP contribution in [0.1, 0.15) is 29.7 Å². The topological polar surface area (TPSA) is 39.1 Å². The minimum Gasteiger partial charge on any atom is -0.493 e. The maximum Gasteiger partial charge on any atom is 0.122 e. The Bertz CT molecular complexity index is 591. The molecule has 1 aliphatic heterocycles. The molecule has 1 unspecified atom stereocenters. The molecule has 2 heterocycles. The Hall–Kier alpha value is -1.81. The van der Waals surface area contributed by atoms with E-state index < -0.39 is 0 Å². The van der Waals surface area contributed by atoms with Crippen molar-refractivity contribution in [1.82, 2.24) is 15.1 Å². The summed E-state index contributed by atoms with van der Waals surface area (Å²) in [7, 11) is 0. The third-order valence-electron chi connectivity index (χ3n) is 3.96. The van der Waals surface area contributed by atoms with Crippen LogP contribution in [0.5, 0.6) is 5.75 Å². The summed E-state index contributed by atoms with van der Waals surface area (Å²) in [5.74, 6) is 1.42. The highest BCUT2D eigenvalue weighted by Crippen LogP contribution is 2.34. The van der Waals surface area contributed by atoms with Crippen LogP contribution in [0.15, 0.2) is 30.5 Å². The third kappa shape index (κ3) is 2.43. The molecule has 0 saturated carbocycles. The molecule has 1 aliphatic rings. The van der Waals surface area contributed by atoms with E-state index in [9.17, 15) is 0 Å². The van der Waals surface area contributed by atoms with Crippen LogP contribution in [0.25, 0.3) is 0 Å². The standard InChI is InChI=1S/C16H21N3O/c1-3-17-8-13-9-18-19(12(13)2)10-14-11-20-16-7-5-4-6-15(14)16/h4-7,9,14,17H,3,8,10-11H2,1-2H3. The first-order chi connectivity index (χ1) is 9.79. The Labute approximate surface area is 119 Å². The first-order valence-corrected chi connectivity index (χ1v) is 7.23. The lowest BCUT2D eigenvalue weighted by Crippen LogP contribution is -2.15. The highest BCUT2D eigenvalue weighted by Gasteiger charge is 2.24. The van der Waals surface area contributed by atoms with Gasteiger partial charge in [-0.2, -0.15) is 5.10 Å². The molecule has 1 aromatic heterocycles. The van der Waals surface area contributed by atoms with E-state index in [2.05, 4.69) is 41.1 Å². The number of nitrogens with zero attached hydrogens (tertiary/aromatic N) is 2. The summed E-state index contributed by atoms with van der Waals surface area (Å²) >= 11 is 0. The molecule has 4 heteroatoms. The zero-order valence-electron chi connectivity index (χ0n) is 12.1. The first kappa shape index (κ1) is 13.2. The minimum absolute atomic E-state index is 0.400. The normalized spacial score (nSPS) is 17.0. The average Bonchev–Trinajstić information content (AvgIpc) is 3.03. The molecule has 0 aliphatic carbocycles. The Morgan fingerprint density at radius 1 is 1.40 bits per heavy atom. The van der Waals surface area contributed by atoms with Crippen LogP contribution in [0.3, 0.4) is 0 Å². The average molecular weight is 271 g/mol. The van der Waals surface area contributed by atoms with Gasteiger partial charge in [-0.1, -0.05) is 25.1 Å². The van der Waals surface area contributed by atoms with Gasteiger partial charge in [-0.05, 0) is 19.5 Å². The molecule has 3 rings (SSSR count). The van der Waals surface area contributed by atoms with E-state index in [0.29, 0.717) is 5.92 Å². The highest BCUT2D eigenvalue weighted by atomic mass is 16.5.